The molecule has 0 fully saturated rings. The molecule has 0 atom stereocenters. The first-order valence-electron chi connectivity index (χ1n) is 6.09. The largest absolute Gasteiger partial charge is 0.121 e. The van der Waals surface area contributed by atoms with Crippen molar-refractivity contribution in [3.8, 4) is 0 Å². The van der Waals surface area contributed by atoms with E-state index in [9.17, 15) is 0 Å². The predicted molar refractivity (Wildman–Crippen MR) is 74.1 cm³/mol. The molecule has 1 aliphatic heterocycles. The summed E-state index contributed by atoms with van der Waals surface area (Å²) in [5.74, 6) is 1.79. The smallest absolute Gasteiger partial charge is 0.0194 e. The monoisotopic (exact) mass is 232 g/mol. The molecule has 0 nitrogen and oxygen atoms in total. The van der Waals surface area contributed by atoms with E-state index in [-0.39, 0.29) is 0 Å². The number of hydrogen-bond donors (Lipinski definition) is 0. The number of rotatable bonds is 2. The maximum absolute atomic E-state index is 2.29. The van der Waals surface area contributed by atoms with Crippen molar-refractivity contribution in [1.29, 1.82) is 0 Å². The van der Waals surface area contributed by atoms with Gasteiger partial charge >= 0.3 is 0 Å². The Labute approximate surface area is 103 Å². The molecule has 0 amide bonds. The van der Waals surface area contributed by atoms with E-state index >= 15 is 0 Å². The van der Waals surface area contributed by atoms with Crippen LogP contribution < -0.4 is 0 Å². The minimum absolute atomic E-state index is 0.624. The first-order valence-corrected chi connectivity index (χ1v) is 7.08. The highest BCUT2D eigenvalue weighted by atomic mass is 32.2. The van der Waals surface area contributed by atoms with Crippen molar-refractivity contribution in [3.63, 3.8) is 0 Å². The third-order valence-corrected chi connectivity index (χ3v) is 4.62. The third-order valence-electron chi connectivity index (χ3n) is 3.29. The molecule has 86 valence electrons. The molecule has 1 aromatic rings. The maximum Gasteiger partial charge on any atom is 0.0194 e. The average molecular weight is 232 g/mol. The molecule has 0 spiro atoms. The van der Waals surface area contributed by atoms with Gasteiger partial charge in [-0.05, 0) is 36.0 Å². The third kappa shape index (κ3) is 1.93. The second-order valence-corrected chi connectivity index (χ2v) is 5.77. The van der Waals surface area contributed by atoms with Gasteiger partial charge in [-0.2, -0.15) is 0 Å². The van der Waals surface area contributed by atoms with Crippen LogP contribution >= 0.6 is 11.8 Å². The van der Waals surface area contributed by atoms with E-state index in [1.165, 1.54) is 21.8 Å². The summed E-state index contributed by atoms with van der Waals surface area (Å²) in [5.41, 5.74) is 6.13. The molecule has 16 heavy (non-hydrogen) atoms. The Morgan fingerprint density at radius 3 is 2.69 bits per heavy atom. The van der Waals surface area contributed by atoms with Crippen molar-refractivity contribution in [2.45, 2.75) is 44.9 Å². The van der Waals surface area contributed by atoms with Gasteiger partial charge in [0.25, 0.3) is 0 Å². The Morgan fingerprint density at radius 1 is 1.31 bits per heavy atom. The Balaban J connectivity index is 2.59. The fraction of sp³-hybridized carbons (Fsp3) is 0.467. The molecule has 0 aliphatic carbocycles. The topological polar surface area (TPSA) is 0 Å². The SMILES string of the molecule is CCC1=C(C)CSc2c1cccc2C(C)C. The minimum atomic E-state index is 0.624. The van der Waals surface area contributed by atoms with Crippen LogP contribution in [0.25, 0.3) is 5.57 Å². The van der Waals surface area contributed by atoms with E-state index in [0.29, 0.717) is 5.92 Å². The van der Waals surface area contributed by atoms with Gasteiger partial charge in [0.05, 0.1) is 0 Å². The van der Waals surface area contributed by atoms with Crippen molar-refractivity contribution in [1.82, 2.24) is 0 Å². The first kappa shape index (κ1) is 11.8. The molecule has 0 unspecified atom stereocenters. The summed E-state index contributed by atoms with van der Waals surface area (Å²) in [6.07, 6.45) is 1.15. The van der Waals surface area contributed by atoms with Gasteiger partial charge in [-0.3, -0.25) is 0 Å². The van der Waals surface area contributed by atoms with Crippen LogP contribution in [0.15, 0.2) is 28.7 Å². The van der Waals surface area contributed by atoms with Gasteiger partial charge in [-0.15, -0.1) is 11.8 Å². The average Bonchev–Trinajstić information content (AvgIpc) is 2.27. The number of allylic oxidation sites excluding steroid dienone is 1. The van der Waals surface area contributed by atoms with Crippen molar-refractivity contribution in [3.05, 3.63) is 34.9 Å². The fourth-order valence-electron chi connectivity index (χ4n) is 2.40. The Hall–Kier alpha value is -0.690. The maximum atomic E-state index is 2.29. The van der Waals surface area contributed by atoms with Crippen molar-refractivity contribution in [2.75, 3.05) is 5.75 Å². The van der Waals surface area contributed by atoms with E-state index in [1.807, 2.05) is 11.8 Å². The lowest BCUT2D eigenvalue weighted by atomic mass is 9.93. The van der Waals surface area contributed by atoms with Crippen LogP contribution in [-0.4, -0.2) is 5.75 Å². The van der Waals surface area contributed by atoms with Crippen molar-refractivity contribution < 1.29 is 0 Å². The molecule has 0 bridgehead atoms. The molecule has 1 heterocycles. The van der Waals surface area contributed by atoms with Gasteiger partial charge in [-0.1, -0.05) is 44.5 Å². The predicted octanol–water partition coefficient (Wildman–Crippen LogP) is 5.10. The van der Waals surface area contributed by atoms with Crippen molar-refractivity contribution >= 4 is 17.3 Å². The van der Waals surface area contributed by atoms with Gasteiger partial charge in [0, 0.05) is 10.6 Å². The molecule has 0 aromatic heterocycles. The summed E-state index contributed by atoms with van der Waals surface area (Å²) in [6, 6.07) is 6.78. The van der Waals surface area contributed by atoms with Gasteiger partial charge in [-0.25, -0.2) is 0 Å². The van der Waals surface area contributed by atoms with Crippen LogP contribution in [0, 0.1) is 0 Å². The minimum Gasteiger partial charge on any atom is -0.121 e. The lowest BCUT2D eigenvalue weighted by Crippen LogP contribution is -2.03. The molecule has 0 saturated carbocycles. The molecule has 0 radical (unpaired) electrons. The van der Waals surface area contributed by atoms with E-state index in [0.717, 1.165) is 6.42 Å². The highest BCUT2D eigenvalue weighted by molar-refractivity contribution is 7.99. The van der Waals surface area contributed by atoms with Crippen LogP contribution in [0.2, 0.25) is 0 Å². The van der Waals surface area contributed by atoms with Crippen LogP contribution in [0.1, 0.15) is 51.2 Å². The van der Waals surface area contributed by atoms with Crippen molar-refractivity contribution in [2.24, 2.45) is 0 Å². The Bertz CT molecular complexity index is 427. The summed E-state index contributed by atoms with van der Waals surface area (Å²) >= 11 is 2.01. The molecule has 1 heteroatoms. The summed E-state index contributed by atoms with van der Waals surface area (Å²) in [7, 11) is 0. The lowest BCUT2D eigenvalue weighted by Gasteiger charge is -2.24. The fourth-order valence-corrected chi connectivity index (χ4v) is 3.75. The van der Waals surface area contributed by atoms with Gasteiger partial charge in [0.1, 0.15) is 0 Å². The second-order valence-electron chi connectivity index (χ2n) is 4.78. The van der Waals surface area contributed by atoms with E-state index < -0.39 is 0 Å². The number of benzene rings is 1. The zero-order chi connectivity index (χ0) is 11.7. The molecular formula is C15H20S. The van der Waals surface area contributed by atoms with Crippen LogP contribution in [-0.2, 0) is 0 Å². The van der Waals surface area contributed by atoms with E-state index in [1.54, 1.807) is 11.1 Å². The van der Waals surface area contributed by atoms with E-state index in [4.69, 9.17) is 0 Å². The van der Waals surface area contributed by atoms with Crippen LogP contribution in [0.4, 0.5) is 0 Å². The molecular weight excluding hydrogens is 212 g/mol. The normalized spacial score (nSPS) is 15.6. The Morgan fingerprint density at radius 2 is 2.06 bits per heavy atom. The summed E-state index contributed by atoms with van der Waals surface area (Å²) in [4.78, 5) is 1.53. The quantitative estimate of drug-likeness (QED) is 0.683. The highest BCUT2D eigenvalue weighted by Gasteiger charge is 2.19. The Kier molecular flexibility index (Phi) is 3.44. The standard InChI is InChI=1S/C15H20S/c1-5-12-11(4)9-16-15-13(10(2)3)7-6-8-14(12)15/h6-8,10H,5,9H2,1-4H3. The number of fused-ring (bicyclic) bond motifs is 1. The summed E-state index contributed by atoms with van der Waals surface area (Å²) < 4.78 is 0. The molecule has 1 aromatic carbocycles. The van der Waals surface area contributed by atoms with Gasteiger partial charge in [0.2, 0.25) is 0 Å². The van der Waals surface area contributed by atoms with E-state index in [2.05, 4.69) is 45.9 Å². The first-order chi connectivity index (χ1) is 7.65. The van der Waals surface area contributed by atoms with Crippen LogP contribution in [0.5, 0.6) is 0 Å². The second kappa shape index (κ2) is 4.67. The highest BCUT2D eigenvalue weighted by Crippen LogP contribution is 2.42. The van der Waals surface area contributed by atoms with Crippen LogP contribution in [0.3, 0.4) is 0 Å². The zero-order valence-corrected chi connectivity index (χ0v) is 11.4. The lowest BCUT2D eigenvalue weighted by molar-refractivity contribution is 0.839. The molecule has 2 rings (SSSR count). The molecule has 0 N–H and O–H groups in total. The summed E-state index contributed by atoms with van der Waals surface area (Å²) in [5, 5.41) is 0. The zero-order valence-electron chi connectivity index (χ0n) is 10.6. The molecule has 0 saturated heterocycles. The molecule has 1 aliphatic rings. The summed E-state index contributed by atoms with van der Waals surface area (Å²) in [6.45, 7) is 9.11. The van der Waals surface area contributed by atoms with Gasteiger partial charge in [0.15, 0.2) is 0 Å². The van der Waals surface area contributed by atoms with Gasteiger partial charge < -0.3 is 0 Å². The number of thioether (sulfide) groups is 1. The number of hydrogen-bond acceptors (Lipinski definition) is 1.